The van der Waals surface area contributed by atoms with E-state index in [4.69, 9.17) is 4.74 Å². The monoisotopic (exact) mass is 312 g/mol. The van der Waals surface area contributed by atoms with Crippen LogP contribution in [0, 0.1) is 0 Å². The van der Waals surface area contributed by atoms with E-state index in [1.54, 1.807) is 12.1 Å². The van der Waals surface area contributed by atoms with E-state index in [2.05, 4.69) is 29.8 Å². The maximum Gasteiger partial charge on any atom is 0.338 e. The first kappa shape index (κ1) is 15.2. The van der Waals surface area contributed by atoms with E-state index in [-0.39, 0.29) is 10.3 Å². The molecule has 3 heteroatoms. The number of carbonyl (C=O) groups is 1. The van der Waals surface area contributed by atoms with E-state index >= 15 is 0 Å². The molecule has 0 saturated carbocycles. The van der Waals surface area contributed by atoms with E-state index in [0.29, 0.717) is 12.2 Å². The van der Waals surface area contributed by atoms with Crippen molar-refractivity contribution in [1.82, 2.24) is 0 Å². The quantitative estimate of drug-likeness (QED) is 0.418. The molecule has 0 aliphatic rings. The first-order valence-corrected chi connectivity index (χ1v) is 7.19. The third-order valence-electron chi connectivity index (χ3n) is 2.66. The molecule has 0 atom stereocenters. The summed E-state index contributed by atoms with van der Waals surface area (Å²) in [4.78, 5) is 11.6. The summed E-state index contributed by atoms with van der Waals surface area (Å²) >= 11 is 3.62. The number of halogens is 1. The van der Waals surface area contributed by atoms with Crippen molar-refractivity contribution in [2.24, 2.45) is 0 Å². The number of ether oxygens (including phenoxy) is 1. The molecule has 0 aliphatic carbocycles. The standard InChI is InChI=1S/C15H21BrO2/c1-15(2,16)11-7-4-8-12-18-14(17)13-9-5-3-6-10-13/h3,5-6,9-10H,4,7-8,11-12H2,1-2H3. The highest BCUT2D eigenvalue weighted by atomic mass is 79.9. The predicted molar refractivity (Wildman–Crippen MR) is 78.2 cm³/mol. The van der Waals surface area contributed by atoms with Crippen molar-refractivity contribution in [2.75, 3.05) is 6.61 Å². The average Bonchev–Trinajstić information content (AvgIpc) is 2.33. The molecular formula is C15H21BrO2. The number of unbranched alkanes of at least 4 members (excludes halogenated alkanes) is 2. The lowest BCUT2D eigenvalue weighted by molar-refractivity contribution is 0.0497. The molecule has 0 radical (unpaired) electrons. The van der Waals surface area contributed by atoms with Crippen molar-refractivity contribution in [1.29, 1.82) is 0 Å². The minimum Gasteiger partial charge on any atom is -0.462 e. The van der Waals surface area contributed by atoms with Gasteiger partial charge in [-0.1, -0.05) is 60.8 Å². The molecule has 0 bridgehead atoms. The zero-order valence-electron chi connectivity index (χ0n) is 11.1. The van der Waals surface area contributed by atoms with Gasteiger partial charge >= 0.3 is 5.97 Å². The van der Waals surface area contributed by atoms with Gasteiger partial charge in [0.15, 0.2) is 0 Å². The van der Waals surface area contributed by atoms with Crippen LogP contribution in [-0.4, -0.2) is 16.9 Å². The van der Waals surface area contributed by atoms with E-state index in [9.17, 15) is 4.79 Å². The van der Waals surface area contributed by atoms with Crippen molar-refractivity contribution in [2.45, 2.75) is 43.9 Å². The van der Waals surface area contributed by atoms with Crippen molar-refractivity contribution in [3.8, 4) is 0 Å². The minimum absolute atomic E-state index is 0.216. The fraction of sp³-hybridized carbons (Fsp3) is 0.533. The Labute approximate surface area is 118 Å². The molecule has 2 nitrogen and oxygen atoms in total. The summed E-state index contributed by atoms with van der Waals surface area (Å²) < 4.78 is 5.43. The van der Waals surface area contributed by atoms with Gasteiger partial charge in [0.25, 0.3) is 0 Å². The zero-order valence-corrected chi connectivity index (χ0v) is 12.7. The Bertz CT molecular complexity index is 355. The first-order valence-electron chi connectivity index (χ1n) is 6.40. The molecule has 1 rings (SSSR count). The summed E-state index contributed by atoms with van der Waals surface area (Å²) in [6, 6.07) is 9.12. The molecule has 18 heavy (non-hydrogen) atoms. The molecule has 0 aromatic heterocycles. The molecule has 100 valence electrons. The van der Waals surface area contributed by atoms with Gasteiger partial charge < -0.3 is 4.74 Å². The summed E-state index contributed by atoms with van der Waals surface area (Å²) in [5.74, 6) is -0.226. The largest absolute Gasteiger partial charge is 0.462 e. The van der Waals surface area contributed by atoms with Crippen LogP contribution in [0.5, 0.6) is 0 Å². The first-order chi connectivity index (χ1) is 8.49. The molecule has 1 aromatic carbocycles. The van der Waals surface area contributed by atoms with Crippen molar-refractivity contribution in [3.63, 3.8) is 0 Å². The van der Waals surface area contributed by atoms with Gasteiger partial charge in [-0.15, -0.1) is 0 Å². The van der Waals surface area contributed by atoms with Crippen LogP contribution < -0.4 is 0 Å². The molecule has 0 amide bonds. The smallest absolute Gasteiger partial charge is 0.338 e. The average molecular weight is 313 g/mol. The molecular weight excluding hydrogens is 292 g/mol. The van der Waals surface area contributed by atoms with E-state index < -0.39 is 0 Å². The Hall–Kier alpha value is -0.830. The normalized spacial score (nSPS) is 11.3. The van der Waals surface area contributed by atoms with Gasteiger partial charge in [-0.3, -0.25) is 0 Å². The summed E-state index contributed by atoms with van der Waals surface area (Å²) in [7, 11) is 0. The fourth-order valence-corrected chi connectivity index (χ4v) is 1.93. The van der Waals surface area contributed by atoms with Crippen LogP contribution in [0.1, 0.15) is 49.9 Å². The van der Waals surface area contributed by atoms with Gasteiger partial charge in [-0.25, -0.2) is 4.79 Å². The Morgan fingerprint density at radius 2 is 1.83 bits per heavy atom. The molecule has 0 spiro atoms. The lowest BCUT2D eigenvalue weighted by Crippen LogP contribution is -2.09. The van der Waals surface area contributed by atoms with E-state index in [1.807, 2.05) is 18.2 Å². The van der Waals surface area contributed by atoms with Gasteiger partial charge in [0.2, 0.25) is 0 Å². The second kappa shape index (κ2) is 7.57. The molecule has 0 heterocycles. The summed E-state index contributed by atoms with van der Waals surface area (Å²) in [6.45, 7) is 4.85. The number of carbonyl (C=O) groups excluding carboxylic acids is 1. The fourth-order valence-electron chi connectivity index (χ4n) is 1.65. The van der Waals surface area contributed by atoms with Crippen molar-refractivity contribution < 1.29 is 9.53 Å². The summed E-state index contributed by atoms with van der Waals surface area (Å²) in [5, 5.41) is 0. The van der Waals surface area contributed by atoms with E-state index in [0.717, 1.165) is 25.7 Å². The Morgan fingerprint density at radius 1 is 1.17 bits per heavy atom. The lowest BCUT2D eigenvalue weighted by Gasteiger charge is -2.15. The highest BCUT2D eigenvalue weighted by Crippen LogP contribution is 2.23. The molecule has 0 fully saturated rings. The van der Waals surface area contributed by atoms with Gasteiger partial charge in [-0.05, 0) is 25.0 Å². The number of benzene rings is 1. The summed E-state index contributed by atoms with van der Waals surface area (Å²) in [5.41, 5.74) is 0.624. The lowest BCUT2D eigenvalue weighted by atomic mass is 10.1. The minimum atomic E-state index is -0.226. The number of esters is 1. The maximum atomic E-state index is 11.6. The number of alkyl halides is 1. The topological polar surface area (TPSA) is 26.3 Å². The SMILES string of the molecule is CC(C)(Br)CCCCCOC(=O)c1ccccc1. The highest BCUT2D eigenvalue weighted by molar-refractivity contribution is 9.10. The van der Waals surface area contributed by atoms with Gasteiger partial charge in [0, 0.05) is 4.32 Å². The van der Waals surface area contributed by atoms with Crippen LogP contribution in [0.25, 0.3) is 0 Å². The molecule has 0 unspecified atom stereocenters. The highest BCUT2D eigenvalue weighted by Gasteiger charge is 2.11. The van der Waals surface area contributed by atoms with Gasteiger partial charge in [-0.2, -0.15) is 0 Å². The van der Waals surface area contributed by atoms with Crippen LogP contribution in [0.4, 0.5) is 0 Å². The third-order valence-corrected chi connectivity index (χ3v) is 3.05. The number of hydrogen-bond acceptors (Lipinski definition) is 2. The second-order valence-electron chi connectivity index (χ2n) is 5.03. The van der Waals surface area contributed by atoms with Crippen molar-refractivity contribution in [3.05, 3.63) is 35.9 Å². The third kappa shape index (κ3) is 6.80. The maximum absolute atomic E-state index is 11.6. The van der Waals surface area contributed by atoms with Crippen molar-refractivity contribution >= 4 is 21.9 Å². The zero-order chi connectivity index (χ0) is 13.4. The molecule has 0 saturated heterocycles. The van der Waals surface area contributed by atoms with Crippen LogP contribution in [0.3, 0.4) is 0 Å². The Morgan fingerprint density at radius 3 is 2.44 bits per heavy atom. The number of rotatable bonds is 7. The second-order valence-corrected chi connectivity index (χ2v) is 7.18. The van der Waals surface area contributed by atoms with Crippen LogP contribution in [0.15, 0.2) is 30.3 Å². The van der Waals surface area contributed by atoms with Crippen LogP contribution in [-0.2, 0) is 4.74 Å². The molecule has 0 N–H and O–H groups in total. The van der Waals surface area contributed by atoms with Crippen LogP contribution in [0.2, 0.25) is 0 Å². The molecule has 0 aliphatic heterocycles. The van der Waals surface area contributed by atoms with Gasteiger partial charge in [0.1, 0.15) is 0 Å². The Kier molecular flexibility index (Phi) is 6.41. The predicted octanol–water partition coefficient (Wildman–Crippen LogP) is 4.58. The summed E-state index contributed by atoms with van der Waals surface area (Å²) in [6.07, 6.45) is 4.32. The van der Waals surface area contributed by atoms with Crippen LogP contribution >= 0.6 is 15.9 Å². The van der Waals surface area contributed by atoms with Gasteiger partial charge in [0.05, 0.1) is 12.2 Å². The van der Waals surface area contributed by atoms with E-state index in [1.165, 1.54) is 0 Å². The molecule has 1 aromatic rings. The Balaban J connectivity index is 2.10. The number of hydrogen-bond donors (Lipinski definition) is 0.